The third kappa shape index (κ3) is 3.62. The molecule has 0 aliphatic heterocycles. The fourth-order valence-corrected chi connectivity index (χ4v) is 4.69. The molecule has 3 heteroatoms. The lowest BCUT2D eigenvalue weighted by Gasteiger charge is -2.40. The van der Waals surface area contributed by atoms with E-state index in [1.807, 2.05) is 0 Å². The molecule has 3 atom stereocenters. The smallest absolute Gasteiger partial charge is 0.0744 e. The fraction of sp³-hybridized carbons (Fsp3) is 0.667. The quantitative estimate of drug-likeness (QED) is 0.787. The zero-order valence-electron chi connectivity index (χ0n) is 12.9. The van der Waals surface area contributed by atoms with Crippen LogP contribution >= 0.6 is 15.9 Å². The van der Waals surface area contributed by atoms with Gasteiger partial charge in [-0.3, -0.25) is 0 Å². The van der Waals surface area contributed by atoms with Crippen LogP contribution in [0.3, 0.4) is 0 Å². The lowest BCUT2D eigenvalue weighted by Crippen LogP contribution is -2.34. The van der Waals surface area contributed by atoms with Gasteiger partial charge >= 0.3 is 0 Å². The number of fused-ring (bicyclic) bond motifs is 1. The van der Waals surface area contributed by atoms with E-state index in [4.69, 9.17) is 4.74 Å². The van der Waals surface area contributed by atoms with Gasteiger partial charge in [0.2, 0.25) is 0 Å². The second-order valence-corrected chi connectivity index (χ2v) is 7.51. The minimum atomic E-state index is 0.634. The summed E-state index contributed by atoms with van der Waals surface area (Å²) in [5.41, 5.74) is 2.48. The van der Waals surface area contributed by atoms with Crippen LogP contribution < -0.4 is 5.32 Å². The van der Waals surface area contributed by atoms with E-state index in [1.54, 1.807) is 7.11 Å². The van der Waals surface area contributed by atoms with Crippen LogP contribution in [0.1, 0.15) is 50.5 Å². The molecule has 116 valence electrons. The molecule has 2 fully saturated rings. The minimum absolute atomic E-state index is 0.634. The molecule has 0 heterocycles. The van der Waals surface area contributed by atoms with E-state index in [0.29, 0.717) is 12.6 Å². The van der Waals surface area contributed by atoms with Crippen LogP contribution in [0.4, 0.5) is 5.69 Å². The standard InChI is InChI=1S/C18H26BrNO/c1-21-12-16-17(19)7-4-8-18(16)20-15-10-9-13-5-2-3-6-14(13)11-15/h4,7-8,13-15,20H,2-3,5-6,9-12H2,1H3. The van der Waals surface area contributed by atoms with Gasteiger partial charge in [-0.25, -0.2) is 0 Å². The normalized spacial score (nSPS) is 29.0. The van der Waals surface area contributed by atoms with Crippen molar-refractivity contribution in [3.63, 3.8) is 0 Å². The average molecular weight is 352 g/mol. The average Bonchev–Trinajstić information content (AvgIpc) is 2.51. The Hall–Kier alpha value is -0.540. The zero-order chi connectivity index (χ0) is 14.7. The molecule has 3 unspecified atom stereocenters. The Kier molecular flexibility index (Phi) is 5.23. The third-order valence-corrected chi connectivity index (χ3v) is 6.05. The molecule has 1 aromatic carbocycles. The third-order valence-electron chi connectivity index (χ3n) is 5.31. The highest BCUT2D eigenvalue weighted by Crippen LogP contribution is 2.41. The number of benzene rings is 1. The van der Waals surface area contributed by atoms with Crippen molar-refractivity contribution >= 4 is 21.6 Å². The van der Waals surface area contributed by atoms with E-state index in [0.717, 1.165) is 16.3 Å². The molecule has 0 aromatic heterocycles. The lowest BCUT2D eigenvalue weighted by molar-refractivity contribution is 0.162. The number of nitrogens with one attached hydrogen (secondary N) is 1. The zero-order valence-corrected chi connectivity index (χ0v) is 14.5. The molecular formula is C18H26BrNO. The monoisotopic (exact) mass is 351 g/mol. The topological polar surface area (TPSA) is 21.3 Å². The summed E-state index contributed by atoms with van der Waals surface area (Å²) in [6.07, 6.45) is 9.91. The van der Waals surface area contributed by atoms with Crippen LogP contribution in [0.25, 0.3) is 0 Å². The SMILES string of the molecule is COCc1c(Br)cccc1NC1CCC2CCCCC2C1. The highest BCUT2D eigenvalue weighted by atomic mass is 79.9. The second kappa shape index (κ2) is 7.15. The van der Waals surface area contributed by atoms with Gasteiger partial charge < -0.3 is 10.1 Å². The highest BCUT2D eigenvalue weighted by molar-refractivity contribution is 9.10. The molecule has 0 amide bonds. The summed E-state index contributed by atoms with van der Waals surface area (Å²) in [7, 11) is 1.76. The van der Waals surface area contributed by atoms with E-state index in [2.05, 4.69) is 39.4 Å². The van der Waals surface area contributed by atoms with E-state index in [9.17, 15) is 0 Å². The predicted octanol–water partition coefficient (Wildman–Crippen LogP) is 5.37. The number of hydrogen-bond acceptors (Lipinski definition) is 2. The molecular weight excluding hydrogens is 326 g/mol. The van der Waals surface area contributed by atoms with Crippen molar-refractivity contribution in [2.75, 3.05) is 12.4 Å². The number of hydrogen-bond donors (Lipinski definition) is 1. The molecule has 0 spiro atoms. The van der Waals surface area contributed by atoms with Gasteiger partial charge in [0, 0.05) is 28.9 Å². The van der Waals surface area contributed by atoms with Crippen LogP contribution in [0.2, 0.25) is 0 Å². The number of halogens is 1. The number of anilines is 1. The van der Waals surface area contributed by atoms with Crippen LogP contribution in [-0.4, -0.2) is 13.2 Å². The Morgan fingerprint density at radius 2 is 1.95 bits per heavy atom. The van der Waals surface area contributed by atoms with Gasteiger partial charge in [-0.05, 0) is 43.2 Å². The Labute approximate surface area is 136 Å². The van der Waals surface area contributed by atoms with Crippen molar-refractivity contribution in [3.05, 3.63) is 28.2 Å². The molecule has 0 bridgehead atoms. The first-order valence-corrected chi connectivity index (χ1v) is 9.10. The molecule has 2 nitrogen and oxygen atoms in total. The largest absolute Gasteiger partial charge is 0.382 e. The summed E-state index contributed by atoms with van der Waals surface area (Å²) in [5.74, 6) is 1.97. The second-order valence-electron chi connectivity index (χ2n) is 6.66. The summed E-state index contributed by atoms with van der Waals surface area (Å²) in [5, 5.41) is 3.80. The minimum Gasteiger partial charge on any atom is -0.382 e. The van der Waals surface area contributed by atoms with Gasteiger partial charge in [0.05, 0.1) is 6.61 Å². The summed E-state index contributed by atoms with van der Waals surface area (Å²) < 4.78 is 6.49. The molecule has 1 aromatic rings. The van der Waals surface area contributed by atoms with E-state index in [-0.39, 0.29) is 0 Å². The maximum atomic E-state index is 5.35. The molecule has 2 aliphatic carbocycles. The molecule has 0 radical (unpaired) electrons. The highest BCUT2D eigenvalue weighted by Gasteiger charge is 2.32. The van der Waals surface area contributed by atoms with Crippen LogP contribution in [0.15, 0.2) is 22.7 Å². The van der Waals surface area contributed by atoms with Gasteiger partial charge in [0.1, 0.15) is 0 Å². The molecule has 3 rings (SSSR count). The van der Waals surface area contributed by atoms with Gasteiger partial charge in [-0.1, -0.05) is 47.7 Å². The lowest BCUT2D eigenvalue weighted by atomic mass is 9.69. The summed E-state index contributed by atoms with van der Waals surface area (Å²) in [4.78, 5) is 0. The Bertz CT molecular complexity index is 476. The molecule has 2 aliphatic rings. The van der Waals surface area contributed by atoms with Gasteiger partial charge in [-0.2, -0.15) is 0 Å². The fourth-order valence-electron chi connectivity index (χ4n) is 4.21. The maximum Gasteiger partial charge on any atom is 0.0744 e. The molecule has 0 saturated heterocycles. The van der Waals surface area contributed by atoms with E-state index in [1.165, 1.54) is 56.2 Å². The van der Waals surface area contributed by atoms with Crippen LogP contribution in [-0.2, 0) is 11.3 Å². The first-order valence-electron chi connectivity index (χ1n) is 8.30. The molecule has 2 saturated carbocycles. The van der Waals surface area contributed by atoms with Crippen molar-refractivity contribution in [1.82, 2.24) is 0 Å². The predicted molar refractivity (Wildman–Crippen MR) is 91.6 cm³/mol. The maximum absolute atomic E-state index is 5.35. The van der Waals surface area contributed by atoms with Crippen LogP contribution in [0.5, 0.6) is 0 Å². The van der Waals surface area contributed by atoms with Crippen LogP contribution in [0, 0.1) is 11.8 Å². The number of methoxy groups -OCH3 is 1. The van der Waals surface area contributed by atoms with Gasteiger partial charge in [0.15, 0.2) is 0 Å². The van der Waals surface area contributed by atoms with Crippen molar-refractivity contribution in [1.29, 1.82) is 0 Å². The van der Waals surface area contributed by atoms with Crippen molar-refractivity contribution in [3.8, 4) is 0 Å². The Morgan fingerprint density at radius 1 is 1.14 bits per heavy atom. The number of ether oxygens (including phenoxy) is 1. The van der Waals surface area contributed by atoms with E-state index >= 15 is 0 Å². The first kappa shape index (κ1) is 15.4. The van der Waals surface area contributed by atoms with E-state index < -0.39 is 0 Å². The summed E-state index contributed by atoms with van der Waals surface area (Å²) >= 11 is 3.65. The van der Waals surface area contributed by atoms with Crippen molar-refractivity contribution in [2.24, 2.45) is 11.8 Å². The Morgan fingerprint density at radius 3 is 2.76 bits per heavy atom. The van der Waals surface area contributed by atoms with Crippen molar-refractivity contribution < 1.29 is 4.74 Å². The number of rotatable bonds is 4. The van der Waals surface area contributed by atoms with Gasteiger partial charge in [0.25, 0.3) is 0 Å². The summed E-state index contributed by atoms with van der Waals surface area (Å²) in [6, 6.07) is 7.02. The van der Waals surface area contributed by atoms with Gasteiger partial charge in [-0.15, -0.1) is 0 Å². The molecule has 21 heavy (non-hydrogen) atoms. The Balaban J connectivity index is 1.68. The molecule has 1 N–H and O–H groups in total. The first-order chi connectivity index (χ1) is 10.3. The summed E-state index contributed by atoms with van der Waals surface area (Å²) in [6.45, 7) is 0.655. The van der Waals surface area contributed by atoms with Crippen molar-refractivity contribution in [2.45, 2.75) is 57.6 Å².